The van der Waals surface area contributed by atoms with Gasteiger partial charge in [-0.05, 0) is 70.1 Å². The number of fused-ring (bicyclic) bond motifs is 2. The molecule has 0 aliphatic heterocycles. The van der Waals surface area contributed by atoms with E-state index < -0.39 is 0 Å². The molecule has 0 radical (unpaired) electrons. The summed E-state index contributed by atoms with van der Waals surface area (Å²) in [5, 5.41) is 0. The molecule has 0 aromatic carbocycles. The molecule has 0 amide bonds. The topological polar surface area (TPSA) is 18.5 Å². The number of rotatable bonds is 8. The van der Waals surface area contributed by atoms with Crippen molar-refractivity contribution in [2.75, 3.05) is 13.2 Å². The fourth-order valence-electron chi connectivity index (χ4n) is 3.61. The highest BCUT2D eigenvalue weighted by Gasteiger charge is 2.39. The lowest BCUT2D eigenvalue weighted by molar-refractivity contribution is -0.141. The Balaban J connectivity index is 1.60. The Hall–Kier alpha value is -0.0800. The molecule has 2 heteroatoms. The van der Waals surface area contributed by atoms with Crippen LogP contribution in [0.25, 0.3) is 0 Å². The molecular weight excluding hydrogens is 212 g/mol. The van der Waals surface area contributed by atoms with E-state index in [2.05, 4.69) is 0 Å². The molecule has 3 fully saturated rings. The van der Waals surface area contributed by atoms with Gasteiger partial charge < -0.3 is 9.47 Å². The van der Waals surface area contributed by atoms with E-state index in [1.807, 2.05) is 13.8 Å². The van der Waals surface area contributed by atoms with Crippen molar-refractivity contribution >= 4 is 0 Å². The summed E-state index contributed by atoms with van der Waals surface area (Å²) >= 11 is 0. The van der Waals surface area contributed by atoms with Crippen LogP contribution in [-0.4, -0.2) is 19.5 Å². The highest BCUT2D eigenvalue weighted by atomic mass is 16.7. The lowest BCUT2D eigenvalue weighted by Gasteiger charge is -2.47. The Morgan fingerprint density at radius 3 is 2.29 bits per heavy atom. The first-order valence-electron chi connectivity index (χ1n) is 7.56. The van der Waals surface area contributed by atoms with Gasteiger partial charge in [-0.2, -0.15) is 0 Å². The van der Waals surface area contributed by atoms with Crippen LogP contribution in [0.3, 0.4) is 0 Å². The maximum atomic E-state index is 5.59. The monoisotopic (exact) mass is 240 g/mol. The highest BCUT2D eigenvalue weighted by molar-refractivity contribution is 4.90. The van der Waals surface area contributed by atoms with Crippen LogP contribution in [0.1, 0.15) is 58.8 Å². The van der Waals surface area contributed by atoms with Gasteiger partial charge in [-0.3, -0.25) is 0 Å². The fraction of sp³-hybridized carbons (Fsp3) is 1.00. The van der Waals surface area contributed by atoms with Crippen LogP contribution in [-0.2, 0) is 9.47 Å². The number of hydrogen-bond acceptors (Lipinski definition) is 2. The third-order valence-corrected chi connectivity index (χ3v) is 4.60. The largest absolute Gasteiger partial charge is 0.353 e. The summed E-state index contributed by atoms with van der Waals surface area (Å²) in [6.45, 7) is 5.61. The van der Waals surface area contributed by atoms with E-state index in [4.69, 9.17) is 9.47 Å². The summed E-state index contributed by atoms with van der Waals surface area (Å²) in [5.74, 6) is 3.20. The van der Waals surface area contributed by atoms with Gasteiger partial charge in [0, 0.05) is 13.2 Å². The minimum atomic E-state index is 0.0442. The Kier molecular flexibility index (Phi) is 5.30. The van der Waals surface area contributed by atoms with E-state index in [0.717, 1.165) is 37.4 Å². The van der Waals surface area contributed by atoms with Crippen LogP contribution in [0.2, 0.25) is 0 Å². The third-order valence-electron chi connectivity index (χ3n) is 4.60. The number of hydrogen-bond donors (Lipinski definition) is 0. The Morgan fingerprint density at radius 2 is 1.76 bits per heavy atom. The van der Waals surface area contributed by atoms with Crippen molar-refractivity contribution in [3.63, 3.8) is 0 Å². The van der Waals surface area contributed by atoms with Crippen LogP contribution >= 0.6 is 0 Å². The van der Waals surface area contributed by atoms with Gasteiger partial charge in [0.25, 0.3) is 0 Å². The van der Waals surface area contributed by atoms with Gasteiger partial charge in [-0.25, -0.2) is 0 Å². The molecule has 0 N–H and O–H groups in total. The average molecular weight is 240 g/mol. The Bertz CT molecular complexity index is 202. The predicted molar refractivity (Wildman–Crippen MR) is 69.8 cm³/mol. The normalized spacial score (nSPS) is 31.6. The standard InChI is InChI=1S/C15H28O2/c1-3-16-15(17-4-2)7-5-6-13-9-8-12-10-14(13)11-12/h12-15H,3-11H2,1-2H3. The molecule has 0 saturated heterocycles. The van der Waals surface area contributed by atoms with E-state index >= 15 is 0 Å². The second-order valence-corrected chi connectivity index (χ2v) is 5.71. The molecule has 3 aliphatic rings. The molecule has 0 spiro atoms. The molecule has 3 rings (SSSR count). The average Bonchev–Trinajstić information content (AvgIpc) is 2.29. The molecule has 1 atom stereocenters. The molecule has 1 unspecified atom stereocenters. The van der Waals surface area contributed by atoms with Crippen molar-refractivity contribution < 1.29 is 9.47 Å². The molecule has 0 aromatic rings. The van der Waals surface area contributed by atoms with Gasteiger partial charge in [0.1, 0.15) is 0 Å². The van der Waals surface area contributed by atoms with Crippen LogP contribution in [0.15, 0.2) is 0 Å². The molecule has 0 aromatic heterocycles. The summed E-state index contributed by atoms with van der Waals surface area (Å²) in [4.78, 5) is 0. The maximum Gasteiger partial charge on any atom is 0.157 e. The maximum absolute atomic E-state index is 5.59. The fourth-order valence-corrected chi connectivity index (χ4v) is 3.61. The first-order valence-corrected chi connectivity index (χ1v) is 7.56. The van der Waals surface area contributed by atoms with Crippen LogP contribution in [0.5, 0.6) is 0 Å². The van der Waals surface area contributed by atoms with Gasteiger partial charge >= 0.3 is 0 Å². The zero-order valence-electron chi connectivity index (χ0n) is 11.5. The van der Waals surface area contributed by atoms with Crippen molar-refractivity contribution in [3.8, 4) is 0 Å². The number of ether oxygens (including phenoxy) is 2. The quantitative estimate of drug-likeness (QED) is 0.597. The van der Waals surface area contributed by atoms with Crippen LogP contribution < -0.4 is 0 Å². The Morgan fingerprint density at radius 1 is 1.06 bits per heavy atom. The molecule has 17 heavy (non-hydrogen) atoms. The van der Waals surface area contributed by atoms with Gasteiger partial charge in [-0.15, -0.1) is 0 Å². The predicted octanol–water partition coefficient (Wildman–Crippen LogP) is 3.99. The molecule has 0 heterocycles. The molecule has 3 aliphatic carbocycles. The van der Waals surface area contributed by atoms with E-state index in [1.54, 1.807) is 0 Å². The van der Waals surface area contributed by atoms with E-state index in [1.165, 1.54) is 38.5 Å². The summed E-state index contributed by atoms with van der Waals surface area (Å²) < 4.78 is 11.2. The van der Waals surface area contributed by atoms with Gasteiger partial charge in [0.15, 0.2) is 6.29 Å². The smallest absolute Gasteiger partial charge is 0.157 e. The van der Waals surface area contributed by atoms with Crippen molar-refractivity contribution in [3.05, 3.63) is 0 Å². The first-order chi connectivity index (χ1) is 8.33. The van der Waals surface area contributed by atoms with Gasteiger partial charge in [0.05, 0.1) is 0 Å². The summed E-state index contributed by atoms with van der Waals surface area (Å²) in [6, 6.07) is 0. The zero-order valence-corrected chi connectivity index (χ0v) is 11.5. The summed E-state index contributed by atoms with van der Waals surface area (Å²) in [7, 11) is 0. The molecule has 100 valence electrons. The second kappa shape index (κ2) is 6.75. The minimum absolute atomic E-state index is 0.0442. The molecule has 3 saturated carbocycles. The lowest BCUT2D eigenvalue weighted by Crippen LogP contribution is -2.36. The van der Waals surface area contributed by atoms with Crippen molar-refractivity contribution in [1.29, 1.82) is 0 Å². The highest BCUT2D eigenvalue weighted by Crippen LogP contribution is 2.50. The van der Waals surface area contributed by atoms with Crippen LogP contribution in [0, 0.1) is 17.8 Å². The molecular formula is C15H28O2. The Labute approximate surface area is 106 Å². The zero-order chi connectivity index (χ0) is 12.1. The van der Waals surface area contributed by atoms with Crippen molar-refractivity contribution in [1.82, 2.24) is 0 Å². The first kappa shape index (κ1) is 13.4. The third kappa shape index (κ3) is 3.69. The van der Waals surface area contributed by atoms with Crippen LogP contribution in [0.4, 0.5) is 0 Å². The summed E-state index contributed by atoms with van der Waals surface area (Å²) in [5.41, 5.74) is 0. The minimum Gasteiger partial charge on any atom is -0.353 e. The SMILES string of the molecule is CCOC(CCCC1CCC2CC1C2)OCC. The van der Waals surface area contributed by atoms with Crippen molar-refractivity contribution in [2.45, 2.75) is 65.1 Å². The molecule has 2 bridgehead atoms. The van der Waals surface area contributed by atoms with E-state index in [-0.39, 0.29) is 6.29 Å². The van der Waals surface area contributed by atoms with Gasteiger partial charge in [0.2, 0.25) is 0 Å². The van der Waals surface area contributed by atoms with Gasteiger partial charge in [-0.1, -0.05) is 6.42 Å². The summed E-state index contributed by atoms with van der Waals surface area (Å²) in [6.07, 6.45) is 9.85. The molecule has 2 nitrogen and oxygen atoms in total. The lowest BCUT2D eigenvalue weighted by atomic mass is 9.59. The second-order valence-electron chi connectivity index (χ2n) is 5.71. The van der Waals surface area contributed by atoms with E-state index in [9.17, 15) is 0 Å². The van der Waals surface area contributed by atoms with Crippen molar-refractivity contribution in [2.24, 2.45) is 17.8 Å². The van der Waals surface area contributed by atoms with E-state index in [0.29, 0.717) is 0 Å².